The molecule has 7 heteroatoms. The van der Waals surface area contributed by atoms with Crippen molar-refractivity contribution in [1.82, 2.24) is 15.1 Å². The molecule has 0 radical (unpaired) electrons. The number of hydrogen-bond donors (Lipinski definition) is 2. The summed E-state index contributed by atoms with van der Waals surface area (Å²) in [4.78, 5) is 15.9. The molecule has 6 aliphatic rings. The minimum absolute atomic E-state index is 0.0150. The monoisotopic (exact) mass is 657 g/mol. The Kier molecular flexibility index (Phi) is 7.22. The van der Waals surface area contributed by atoms with Crippen LogP contribution in [0.25, 0.3) is 5.57 Å². The summed E-state index contributed by atoms with van der Waals surface area (Å²) in [6, 6.07) is 2.32. The summed E-state index contributed by atoms with van der Waals surface area (Å²) in [6.07, 6.45) is 10.9. The molecule has 7 atom stereocenters. The van der Waals surface area contributed by atoms with E-state index in [1.807, 2.05) is 6.26 Å². The van der Waals surface area contributed by atoms with Gasteiger partial charge in [0.05, 0.1) is 37.1 Å². The van der Waals surface area contributed by atoms with Gasteiger partial charge in [0.2, 0.25) is 0 Å². The molecule has 1 saturated heterocycles. The van der Waals surface area contributed by atoms with E-state index >= 15 is 0 Å². The van der Waals surface area contributed by atoms with Gasteiger partial charge in [0.1, 0.15) is 5.76 Å². The number of aryl methyl sites for hydroxylation is 1. The minimum Gasteiger partial charge on any atom is -0.481 e. The molecule has 2 N–H and O–H groups in total. The van der Waals surface area contributed by atoms with Crippen LogP contribution in [0, 0.1) is 51.8 Å². The summed E-state index contributed by atoms with van der Waals surface area (Å²) in [6.45, 7) is 23.8. The standard InChI is InChI=1S/C41H59N3O4/c1-25-29-21-38(6)31(37(4,5)34(29)43-42-25)9-10-39(7)32(38)20-28(26-19-27(48-24-26)23-44-15-17-47-18-16-44)33-30-22-36(2,3)11-13-41(30,35(45)46)14-12-40(33,39)8/h19,24,30-32H,9-18,20-23H2,1-8H3,(H,42,43)(H,45,46)/t30-,31-,32?,38-,39+,40+,41-/m0/s1. The molecule has 1 aliphatic heterocycles. The number of nitrogens with one attached hydrogen (secondary N) is 1. The van der Waals surface area contributed by atoms with Crippen molar-refractivity contribution in [3.8, 4) is 0 Å². The number of aromatic amines is 1. The van der Waals surface area contributed by atoms with Crippen molar-refractivity contribution < 1.29 is 19.1 Å². The van der Waals surface area contributed by atoms with Crippen LogP contribution in [-0.2, 0) is 27.9 Å². The second-order valence-corrected chi connectivity index (χ2v) is 19.1. The van der Waals surface area contributed by atoms with Crippen LogP contribution in [0.1, 0.15) is 128 Å². The maximum atomic E-state index is 13.5. The molecule has 1 unspecified atom stereocenters. The first-order valence-electron chi connectivity index (χ1n) is 18.9. The molecule has 0 aromatic carbocycles. The van der Waals surface area contributed by atoms with E-state index in [1.165, 1.54) is 46.5 Å². The zero-order valence-corrected chi connectivity index (χ0v) is 30.9. The fraction of sp³-hybridized carbons (Fsp3) is 0.756. The minimum atomic E-state index is -0.685. The lowest BCUT2D eigenvalue weighted by Gasteiger charge is -2.71. The molecule has 0 amide bonds. The topological polar surface area (TPSA) is 91.6 Å². The molecule has 5 aliphatic carbocycles. The smallest absolute Gasteiger partial charge is 0.310 e. The quantitative estimate of drug-likeness (QED) is 0.342. The Hall–Kier alpha value is -2.38. The molecule has 4 fully saturated rings. The number of H-pyrrole nitrogens is 1. The number of hydrogen-bond acceptors (Lipinski definition) is 5. The highest BCUT2D eigenvalue weighted by Gasteiger charge is 2.70. The number of morpholine rings is 1. The number of nitrogens with zero attached hydrogens (tertiary/aromatic N) is 2. The number of carbonyl (C=O) groups is 1. The van der Waals surface area contributed by atoms with Crippen LogP contribution in [0.15, 0.2) is 22.3 Å². The molecule has 2 aromatic heterocycles. The van der Waals surface area contributed by atoms with Crippen molar-refractivity contribution in [2.45, 2.75) is 125 Å². The van der Waals surface area contributed by atoms with Crippen LogP contribution in [0.3, 0.4) is 0 Å². The van der Waals surface area contributed by atoms with Crippen molar-refractivity contribution in [1.29, 1.82) is 0 Å². The number of aliphatic carboxylic acids is 1. The molecule has 2 aromatic rings. The van der Waals surface area contributed by atoms with E-state index in [0.717, 1.165) is 83.6 Å². The van der Waals surface area contributed by atoms with Crippen molar-refractivity contribution in [3.63, 3.8) is 0 Å². The highest BCUT2D eigenvalue weighted by Crippen LogP contribution is 2.77. The van der Waals surface area contributed by atoms with E-state index in [0.29, 0.717) is 11.8 Å². The molecule has 3 saturated carbocycles. The summed E-state index contributed by atoms with van der Waals surface area (Å²) in [5, 5.41) is 19.4. The van der Waals surface area contributed by atoms with Gasteiger partial charge in [-0.3, -0.25) is 14.8 Å². The summed E-state index contributed by atoms with van der Waals surface area (Å²) < 4.78 is 12.0. The number of ether oxygens (including phenoxy) is 1. The van der Waals surface area contributed by atoms with Gasteiger partial charge in [-0.15, -0.1) is 0 Å². The fourth-order valence-electron chi connectivity index (χ4n) is 13.2. The molecule has 262 valence electrons. The maximum Gasteiger partial charge on any atom is 0.310 e. The second kappa shape index (κ2) is 10.6. The van der Waals surface area contributed by atoms with E-state index < -0.39 is 11.4 Å². The molecule has 0 bridgehead atoms. The number of fused-ring (bicyclic) bond motifs is 8. The lowest BCUT2D eigenvalue weighted by molar-refractivity contribution is -0.175. The third kappa shape index (κ3) is 4.37. The van der Waals surface area contributed by atoms with Crippen LogP contribution >= 0.6 is 0 Å². The molecule has 8 rings (SSSR count). The average Bonchev–Trinajstić information content (AvgIpc) is 3.64. The van der Waals surface area contributed by atoms with Gasteiger partial charge < -0.3 is 14.3 Å². The van der Waals surface area contributed by atoms with Gasteiger partial charge >= 0.3 is 5.97 Å². The van der Waals surface area contributed by atoms with Gasteiger partial charge in [0.15, 0.2) is 0 Å². The Labute approximate surface area is 287 Å². The highest BCUT2D eigenvalue weighted by molar-refractivity contribution is 5.80. The Morgan fingerprint density at radius 1 is 1.02 bits per heavy atom. The SMILES string of the molecule is Cc1[nH]nc2c1C[C@]1(C)C3CC(c4coc(CN5CCOCC5)c4)=C4[C@@H]5CC(C)(C)CC[C@]5(C(=O)O)CC[C@@]4(C)[C@]3(C)CC[C@H]1C2(C)C. The Morgan fingerprint density at radius 3 is 2.48 bits per heavy atom. The first-order valence-corrected chi connectivity index (χ1v) is 18.9. The lowest BCUT2D eigenvalue weighted by Crippen LogP contribution is -2.65. The van der Waals surface area contributed by atoms with Crippen molar-refractivity contribution in [2.75, 3.05) is 26.3 Å². The predicted octanol–water partition coefficient (Wildman–Crippen LogP) is 8.57. The fourth-order valence-corrected chi connectivity index (χ4v) is 13.2. The first-order chi connectivity index (χ1) is 22.6. The van der Waals surface area contributed by atoms with E-state index in [-0.39, 0.29) is 33.0 Å². The van der Waals surface area contributed by atoms with E-state index in [2.05, 4.69) is 71.5 Å². The van der Waals surface area contributed by atoms with Crippen molar-refractivity contribution in [3.05, 3.63) is 46.2 Å². The zero-order valence-electron chi connectivity index (χ0n) is 30.9. The molecule has 7 nitrogen and oxygen atoms in total. The van der Waals surface area contributed by atoms with E-state index in [4.69, 9.17) is 14.3 Å². The number of allylic oxidation sites excluding steroid dienone is 2. The largest absolute Gasteiger partial charge is 0.481 e. The van der Waals surface area contributed by atoms with Gasteiger partial charge in [-0.2, -0.15) is 5.10 Å². The number of aromatic nitrogens is 2. The predicted molar refractivity (Wildman–Crippen MR) is 187 cm³/mol. The average molecular weight is 658 g/mol. The van der Waals surface area contributed by atoms with Crippen LogP contribution in [0.4, 0.5) is 0 Å². The Bertz CT molecular complexity index is 1660. The third-order valence-corrected chi connectivity index (χ3v) is 16.0. The normalized spacial score (nSPS) is 40.3. The Morgan fingerprint density at radius 2 is 1.75 bits per heavy atom. The van der Waals surface area contributed by atoms with Crippen LogP contribution in [0.5, 0.6) is 0 Å². The first kappa shape index (κ1) is 32.8. The molecule has 3 heterocycles. The molecular weight excluding hydrogens is 598 g/mol. The number of carboxylic acid groups (broad SMARTS) is 1. The number of carboxylic acids is 1. The zero-order chi connectivity index (χ0) is 34.1. The maximum absolute atomic E-state index is 13.5. The van der Waals surface area contributed by atoms with Gasteiger partial charge in [-0.1, -0.05) is 54.0 Å². The summed E-state index contributed by atoms with van der Waals surface area (Å²) in [5.41, 5.74) is 7.51. The number of rotatable bonds is 4. The highest BCUT2D eigenvalue weighted by atomic mass is 16.5. The summed E-state index contributed by atoms with van der Waals surface area (Å²) in [7, 11) is 0. The van der Waals surface area contributed by atoms with Gasteiger partial charge in [-0.25, -0.2) is 0 Å². The van der Waals surface area contributed by atoms with E-state index in [9.17, 15) is 9.90 Å². The lowest BCUT2D eigenvalue weighted by atomic mass is 9.33. The van der Waals surface area contributed by atoms with Crippen molar-refractivity contribution >= 4 is 11.5 Å². The third-order valence-electron chi connectivity index (χ3n) is 16.0. The van der Waals surface area contributed by atoms with Crippen molar-refractivity contribution in [2.24, 2.45) is 44.8 Å². The molecular formula is C41H59N3O4. The second-order valence-electron chi connectivity index (χ2n) is 19.1. The van der Waals surface area contributed by atoms with Gasteiger partial charge in [0.25, 0.3) is 0 Å². The molecule has 48 heavy (non-hydrogen) atoms. The Balaban J connectivity index is 1.31. The number of furan rings is 1. The van der Waals surface area contributed by atoms with Gasteiger partial charge in [-0.05, 0) is 121 Å². The summed E-state index contributed by atoms with van der Waals surface area (Å²) in [5.74, 6) is 1.46. The van der Waals surface area contributed by atoms with E-state index in [1.54, 1.807) is 0 Å². The van der Waals surface area contributed by atoms with Crippen LogP contribution < -0.4 is 0 Å². The van der Waals surface area contributed by atoms with Crippen LogP contribution in [0.2, 0.25) is 0 Å². The van der Waals surface area contributed by atoms with Crippen LogP contribution in [-0.4, -0.2) is 52.5 Å². The molecule has 0 spiro atoms. The van der Waals surface area contributed by atoms with Gasteiger partial charge in [0, 0.05) is 29.8 Å². The summed E-state index contributed by atoms with van der Waals surface area (Å²) >= 11 is 0.